The van der Waals surface area contributed by atoms with Gasteiger partial charge in [-0.1, -0.05) is 69.2 Å². The molecule has 0 bridgehead atoms. The number of aromatic nitrogens is 2. The van der Waals surface area contributed by atoms with Gasteiger partial charge < -0.3 is 9.47 Å². The van der Waals surface area contributed by atoms with Gasteiger partial charge in [-0.3, -0.25) is 4.79 Å². The number of hydrogen-bond acceptors (Lipinski definition) is 5. The molecule has 0 atom stereocenters. The fourth-order valence-corrected chi connectivity index (χ4v) is 4.95. The average molecular weight is 507 g/mol. The van der Waals surface area contributed by atoms with E-state index in [-0.39, 0.29) is 5.56 Å². The zero-order chi connectivity index (χ0) is 22.2. The molecule has 0 aliphatic heterocycles. The zero-order valence-electron chi connectivity index (χ0n) is 17.5. The third kappa shape index (κ3) is 3.78. The normalized spacial score (nSPS) is 12.0. The van der Waals surface area contributed by atoms with Crippen LogP contribution in [0.3, 0.4) is 0 Å². The monoisotopic (exact) mass is 506 g/mol. The molecule has 0 saturated carbocycles. The number of methoxy groups -OCH3 is 1. The van der Waals surface area contributed by atoms with Crippen LogP contribution in [0.4, 0.5) is 0 Å². The molecule has 0 aliphatic carbocycles. The minimum Gasteiger partial charge on any atom is -0.493 e. The Bertz CT molecular complexity index is 1550. The molecule has 0 N–H and O–H groups in total. The van der Waals surface area contributed by atoms with Crippen molar-refractivity contribution >= 4 is 49.3 Å². The molecule has 3 aromatic carbocycles. The molecule has 0 saturated heterocycles. The summed E-state index contributed by atoms with van der Waals surface area (Å²) in [5.41, 5.74) is 4.68. The highest BCUT2D eigenvalue weighted by Crippen LogP contribution is 2.34. The molecule has 0 unspecified atom stereocenters. The molecule has 160 valence electrons. The number of ether oxygens (including phenoxy) is 2. The molecule has 32 heavy (non-hydrogen) atoms. The maximum absolute atomic E-state index is 13.1. The number of halogens is 1. The van der Waals surface area contributed by atoms with E-state index in [1.807, 2.05) is 54.6 Å². The quantitative estimate of drug-likeness (QED) is 0.332. The van der Waals surface area contributed by atoms with E-state index in [1.165, 1.54) is 16.9 Å². The number of aryl methyl sites for hydroxylation is 1. The first-order chi connectivity index (χ1) is 15.5. The van der Waals surface area contributed by atoms with Crippen LogP contribution in [0.5, 0.6) is 11.5 Å². The number of nitrogens with zero attached hydrogens (tertiary/aromatic N) is 2. The maximum atomic E-state index is 13.1. The first kappa shape index (κ1) is 20.7. The lowest BCUT2D eigenvalue weighted by Gasteiger charge is -2.13. The minimum absolute atomic E-state index is 0.0794. The number of thiazole rings is 1. The fraction of sp³-hybridized carbons (Fsp3) is 0.120. The van der Waals surface area contributed by atoms with Gasteiger partial charge in [0.2, 0.25) is 0 Å². The predicted octanol–water partition coefficient (Wildman–Crippen LogP) is 5.12. The number of rotatable bonds is 5. The highest BCUT2D eigenvalue weighted by atomic mass is 79.9. The summed E-state index contributed by atoms with van der Waals surface area (Å²) in [5, 5.41) is 0. The van der Waals surface area contributed by atoms with Gasteiger partial charge in [0.1, 0.15) is 6.61 Å². The van der Waals surface area contributed by atoms with Gasteiger partial charge in [-0.2, -0.15) is 0 Å². The van der Waals surface area contributed by atoms with Gasteiger partial charge in [0.25, 0.3) is 5.56 Å². The first-order valence-corrected chi connectivity index (χ1v) is 11.6. The van der Waals surface area contributed by atoms with E-state index < -0.39 is 0 Å². The summed E-state index contributed by atoms with van der Waals surface area (Å²) in [7, 11) is 1.61. The number of hydrogen-bond donors (Lipinski definition) is 0. The van der Waals surface area contributed by atoms with Crippen molar-refractivity contribution in [3.63, 3.8) is 0 Å². The van der Waals surface area contributed by atoms with Gasteiger partial charge in [0, 0.05) is 4.47 Å². The summed E-state index contributed by atoms with van der Waals surface area (Å²) in [5.74, 6) is 1.23. The van der Waals surface area contributed by atoms with E-state index in [4.69, 9.17) is 9.47 Å². The molecule has 0 spiro atoms. The highest BCUT2D eigenvalue weighted by molar-refractivity contribution is 9.10. The molecular weight excluding hydrogens is 488 g/mol. The summed E-state index contributed by atoms with van der Waals surface area (Å²) >= 11 is 4.99. The van der Waals surface area contributed by atoms with Crippen molar-refractivity contribution in [2.24, 2.45) is 0 Å². The smallest absolute Gasteiger partial charge is 0.274 e. The van der Waals surface area contributed by atoms with Gasteiger partial charge in [0.05, 0.1) is 22.7 Å². The Morgan fingerprint density at radius 2 is 1.88 bits per heavy atom. The Balaban J connectivity index is 1.51. The van der Waals surface area contributed by atoms with Crippen LogP contribution in [-0.4, -0.2) is 16.5 Å². The van der Waals surface area contributed by atoms with Gasteiger partial charge in [0.15, 0.2) is 16.5 Å². The summed E-state index contributed by atoms with van der Waals surface area (Å²) in [6, 6.07) is 19.6. The Hall–Kier alpha value is -3.16. The minimum atomic E-state index is -0.0794. The van der Waals surface area contributed by atoms with Crippen LogP contribution >= 0.6 is 27.3 Å². The maximum Gasteiger partial charge on any atom is 0.274 e. The molecule has 7 heteroatoms. The number of benzene rings is 3. The SMILES string of the molecule is COc1cc(C=c2sc3nc4ccccc4n3c2=O)c(Br)cc1OCc1ccc(C)cc1. The molecule has 0 amide bonds. The molecule has 5 nitrogen and oxygen atoms in total. The van der Waals surface area contributed by atoms with Gasteiger partial charge in [-0.15, -0.1) is 0 Å². The molecule has 0 fully saturated rings. The van der Waals surface area contributed by atoms with Crippen LogP contribution in [0.25, 0.3) is 22.1 Å². The average Bonchev–Trinajstić information content (AvgIpc) is 3.31. The molecule has 2 heterocycles. The number of fused-ring (bicyclic) bond motifs is 3. The lowest BCUT2D eigenvalue weighted by Crippen LogP contribution is -2.22. The van der Waals surface area contributed by atoms with E-state index in [9.17, 15) is 4.79 Å². The van der Waals surface area contributed by atoms with Crippen LogP contribution in [0, 0.1) is 6.92 Å². The lowest BCUT2D eigenvalue weighted by atomic mass is 10.1. The number of para-hydroxylation sites is 2. The molecule has 5 aromatic rings. The molecular formula is C25H19BrN2O3S. The zero-order valence-corrected chi connectivity index (χ0v) is 19.9. The Kier molecular flexibility index (Phi) is 5.45. The van der Waals surface area contributed by atoms with Crippen LogP contribution in [0.1, 0.15) is 16.7 Å². The van der Waals surface area contributed by atoms with Crippen LogP contribution in [0.15, 0.2) is 69.9 Å². The Morgan fingerprint density at radius 1 is 1.09 bits per heavy atom. The fourth-order valence-electron chi connectivity index (χ4n) is 3.53. The van der Waals surface area contributed by atoms with Crippen molar-refractivity contribution in [2.45, 2.75) is 13.5 Å². The van der Waals surface area contributed by atoms with Gasteiger partial charge >= 0.3 is 0 Å². The number of imidazole rings is 1. The van der Waals surface area contributed by atoms with Gasteiger partial charge in [-0.25, -0.2) is 9.38 Å². The molecule has 0 aliphatic rings. The van der Waals surface area contributed by atoms with E-state index >= 15 is 0 Å². The lowest BCUT2D eigenvalue weighted by molar-refractivity contribution is 0.284. The standard InChI is InChI=1S/C25H19BrN2O3S/c1-15-7-9-16(10-8-15)14-31-22-13-18(26)17(11-21(22)30-2)12-23-24(29)28-20-6-4-3-5-19(20)27-25(28)32-23/h3-13H,14H2,1-2H3. The third-order valence-electron chi connectivity index (χ3n) is 5.23. The molecule has 5 rings (SSSR count). The topological polar surface area (TPSA) is 52.8 Å². The van der Waals surface area contributed by atoms with Crippen molar-refractivity contribution < 1.29 is 9.47 Å². The van der Waals surface area contributed by atoms with Crippen molar-refractivity contribution in [2.75, 3.05) is 7.11 Å². The van der Waals surface area contributed by atoms with Crippen molar-refractivity contribution in [3.8, 4) is 11.5 Å². The van der Waals surface area contributed by atoms with Crippen molar-refractivity contribution in [3.05, 3.63) is 96.7 Å². The summed E-state index contributed by atoms with van der Waals surface area (Å²) in [4.78, 5) is 18.3. The van der Waals surface area contributed by atoms with E-state index in [2.05, 4.69) is 40.0 Å². The third-order valence-corrected chi connectivity index (χ3v) is 6.89. The Labute approximate surface area is 196 Å². The van der Waals surface area contributed by atoms with E-state index in [0.29, 0.717) is 27.6 Å². The van der Waals surface area contributed by atoms with Gasteiger partial charge in [-0.05, 0) is 48.4 Å². The summed E-state index contributed by atoms with van der Waals surface area (Å²) < 4.78 is 14.6. The van der Waals surface area contributed by atoms with Crippen molar-refractivity contribution in [1.82, 2.24) is 9.38 Å². The highest BCUT2D eigenvalue weighted by Gasteiger charge is 2.13. The first-order valence-electron chi connectivity index (χ1n) is 10.0. The van der Waals surface area contributed by atoms with Crippen LogP contribution in [0.2, 0.25) is 0 Å². The molecule has 2 aromatic heterocycles. The summed E-state index contributed by atoms with van der Waals surface area (Å²) in [6.07, 6.45) is 1.85. The second kappa shape index (κ2) is 8.41. The van der Waals surface area contributed by atoms with Crippen molar-refractivity contribution in [1.29, 1.82) is 0 Å². The van der Waals surface area contributed by atoms with E-state index in [1.54, 1.807) is 11.5 Å². The predicted molar refractivity (Wildman–Crippen MR) is 132 cm³/mol. The second-order valence-corrected chi connectivity index (χ2v) is 9.30. The molecule has 0 radical (unpaired) electrons. The Morgan fingerprint density at radius 3 is 2.66 bits per heavy atom. The second-order valence-electron chi connectivity index (χ2n) is 7.43. The van der Waals surface area contributed by atoms with Crippen LogP contribution in [-0.2, 0) is 6.61 Å². The van der Waals surface area contributed by atoms with E-state index in [0.717, 1.165) is 26.6 Å². The summed E-state index contributed by atoms with van der Waals surface area (Å²) in [6.45, 7) is 2.49. The largest absolute Gasteiger partial charge is 0.493 e. The van der Waals surface area contributed by atoms with Crippen LogP contribution < -0.4 is 19.6 Å².